The van der Waals surface area contributed by atoms with Gasteiger partial charge in [-0.1, -0.05) is 0 Å². The predicted octanol–water partition coefficient (Wildman–Crippen LogP) is 0.312. The zero-order valence-corrected chi connectivity index (χ0v) is 2.07. The van der Waals surface area contributed by atoms with Crippen molar-refractivity contribution < 1.29 is 9.13 Å². The average molecular weight is 62.0 g/mol. The third kappa shape index (κ3) is 0.179. The molecule has 0 aliphatic carbocycles. The van der Waals surface area contributed by atoms with Crippen LogP contribution in [-0.2, 0) is 4.74 Å². The Bertz CT molecular complexity index is 25.2. The number of hydrogen-bond donors (Lipinski definition) is 0. The van der Waals surface area contributed by atoms with E-state index in [1.807, 2.05) is 0 Å². The molecule has 1 atom stereocenters. The van der Waals surface area contributed by atoms with E-state index in [0.29, 0.717) is 6.61 Å². The Morgan fingerprint density at radius 3 is 2.25 bits per heavy atom. The molecule has 1 rings (SSSR count). The molecule has 0 unspecified atom stereocenters. The molecular formula is C2H3FO. The van der Waals surface area contributed by atoms with Gasteiger partial charge in [-0.05, 0) is 0 Å². The molecular weight excluding hydrogens is 59.0 g/mol. The monoisotopic (exact) mass is 62.0 g/mol. The first-order valence-electron chi connectivity index (χ1n) is 1.15. The molecule has 0 N–H and O–H groups in total. The highest BCUT2D eigenvalue weighted by atomic mass is 19.2. The van der Waals surface area contributed by atoms with E-state index in [4.69, 9.17) is 0 Å². The summed E-state index contributed by atoms with van der Waals surface area (Å²) in [6.45, 7) is 0.319. The van der Waals surface area contributed by atoms with Gasteiger partial charge in [-0.25, -0.2) is 4.39 Å². The van der Waals surface area contributed by atoms with Crippen LogP contribution in [0.4, 0.5) is 4.39 Å². The molecule has 0 spiro atoms. The quantitative estimate of drug-likeness (QED) is 0.368. The molecule has 0 aromatic rings. The molecule has 1 saturated heterocycles. The predicted molar refractivity (Wildman–Crippen MR) is 10.8 cm³/mol. The molecule has 0 aromatic carbocycles. The number of alkyl halides is 1. The lowest BCUT2D eigenvalue weighted by molar-refractivity contribution is 0.271. The van der Waals surface area contributed by atoms with Crippen molar-refractivity contribution in [2.45, 2.75) is 6.36 Å². The summed E-state index contributed by atoms with van der Waals surface area (Å²) in [4.78, 5) is 0. The fraction of sp³-hybridized carbons (Fsp3) is 1.00. The minimum Gasteiger partial charge on any atom is -0.341 e. The van der Waals surface area contributed by atoms with E-state index in [9.17, 15) is 4.39 Å². The Morgan fingerprint density at radius 2 is 2.25 bits per heavy atom. The maximum atomic E-state index is 10.9. The Hall–Kier alpha value is -0.110. The smallest absolute Gasteiger partial charge is 0.222 e. The molecule has 1 fully saturated rings. The summed E-state index contributed by atoms with van der Waals surface area (Å²) in [6.07, 6.45) is -0.917. The van der Waals surface area contributed by atoms with Gasteiger partial charge in [-0.2, -0.15) is 0 Å². The van der Waals surface area contributed by atoms with E-state index in [0.717, 1.165) is 0 Å². The molecule has 0 radical (unpaired) electrons. The van der Waals surface area contributed by atoms with Gasteiger partial charge >= 0.3 is 0 Å². The maximum absolute atomic E-state index is 10.9. The minimum atomic E-state index is -0.917. The Labute approximate surface area is 23.4 Å². The minimum absolute atomic E-state index is 0.319. The van der Waals surface area contributed by atoms with Gasteiger partial charge in [0.25, 0.3) is 0 Å². The molecule has 24 valence electrons. The number of epoxide rings is 1. The van der Waals surface area contributed by atoms with E-state index >= 15 is 0 Å². The summed E-state index contributed by atoms with van der Waals surface area (Å²) in [6, 6.07) is 0. The van der Waals surface area contributed by atoms with Crippen LogP contribution in [0.2, 0.25) is 0 Å². The van der Waals surface area contributed by atoms with Crippen LogP contribution in [0.15, 0.2) is 0 Å². The van der Waals surface area contributed by atoms with Crippen molar-refractivity contribution >= 4 is 0 Å². The number of hydrogen-bond acceptors (Lipinski definition) is 1. The van der Waals surface area contributed by atoms with Gasteiger partial charge in [-0.3, -0.25) is 0 Å². The van der Waals surface area contributed by atoms with Crippen molar-refractivity contribution in [3.8, 4) is 0 Å². The Morgan fingerprint density at radius 1 is 2.00 bits per heavy atom. The first kappa shape index (κ1) is 2.15. The summed E-state index contributed by atoms with van der Waals surface area (Å²) in [7, 11) is 0. The molecule has 0 bridgehead atoms. The van der Waals surface area contributed by atoms with Gasteiger partial charge < -0.3 is 4.74 Å². The van der Waals surface area contributed by atoms with Crippen LogP contribution < -0.4 is 0 Å². The highest BCUT2D eigenvalue weighted by Crippen LogP contribution is 2.07. The van der Waals surface area contributed by atoms with Gasteiger partial charge in [0, 0.05) is 0 Å². The van der Waals surface area contributed by atoms with Gasteiger partial charge in [0.1, 0.15) is 6.61 Å². The van der Waals surface area contributed by atoms with Crippen molar-refractivity contribution in [3.05, 3.63) is 0 Å². The van der Waals surface area contributed by atoms with Gasteiger partial charge in [0.05, 0.1) is 0 Å². The highest BCUT2D eigenvalue weighted by Gasteiger charge is 2.19. The summed E-state index contributed by atoms with van der Waals surface area (Å²) >= 11 is 0. The van der Waals surface area contributed by atoms with Crippen molar-refractivity contribution in [2.24, 2.45) is 0 Å². The van der Waals surface area contributed by atoms with E-state index in [1.165, 1.54) is 0 Å². The van der Waals surface area contributed by atoms with Gasteiger partial charge in [0.2, 0.25) is 6.36 Å². The van der Waals surface area contributed by atoms with Gasteiger partial charge in [-0.15, -0.1) is 0 Å². The summed E-state index contributed by atoms with van der Waals surface area (Å²) < 4.78 is 14.9. The van der Waals surface area contributed by atoms with Crippen molar-refractivity contribution in [1.82, 2.24) is 0 Å². The first-order chi connectivity index (χ1) is 1.89. The van der Waals surface area contributed by atoms with Crippen LogP contribution in [0.25, 0.3) is 0 Å². The van der Waals surface area contributed by atoms with E-state index in [-0.39, 0.29) is 0 Å². The highest BCUT2D eigenvalue weighted by molar-refractivity contribution is 4.49. The molecule has 4 heavy (non-hydrogen) atoms. The lowest BCUT2D eigenvalue weighted by Gasteiger charge is -1.47. The molecule has 1 nitrogen and oxygen atoms in total. The molecule has 2 heteroatoms. The molecule has 1 aliphatic heterocycles. The van der Waals surface area contributed by atoms with Crippen molar-refractivity contribution in [1.29, 1.82) is 0 Å². The molecule has 1 aliphatic rings. The Balaban J connectivity index is 2.17. The van der Waals surface area contributed by atoms with Crippen LogP contribution in [0.3, 0.4) is 0 Å². The van der Waals surface area contributed by atoms with Crippen molar-refractivity contribution in [3.63, 3.8) is 0 Å². The topological polar surface area (TPSA) is 12.5 Å². The Kier molecular flexibility index (Phi) is 0.232. The molecule has 0 amide bonds. The third-order valence-corrected chi connectivity index (χ3v) is 0.293. The summed E-state index contributed by atoms with van der Waals surface area (Å²) in [5.74, 6) is 0. The van der Waals surface area contributed by atoms with Crippen LogP contribution >= 0.6 is 0 Å². The average Bonchev–Trinajstić information content (AvgIpc) is 1.75. The van der Waals surface area contributed by atoms with E-state index in [2.05, 4.69) is 4.74 Å². The number of rotatable bonds is 0. The zero-order chi connectivity index (χ0) is 2.99. The second-order valence-electron chi connectivity index (χ2n) is 0.743. The number of ether oxygens (including phenoxy) is 1. The van der Waals surface area contributed by atoms with Crippen LogP contribution in [0.1, 0.15) is 0 Å². The van der Waals surface area contributed by atoms with Crippen molar-refractivity contribution in [2.75, 3.05) is 6.61 Å². The second kappa shape index (κ2) is 0.432. The first-order valence-corrected chi connectivity index (χ1v) is 1.15. The van der Waals surface area contributed by atoms with E-state index < -0.39 is 6.36 Å². The fourth-order valence-electron chi connectivity index (χ4n) is 0.0364. The van der Waals surface area contributed by atoms with Crippen LogP contribution in [0.5, 0.6) is 0 Å². The standard InChI is InChI=1S/C2H3FO/c3-2-1-4-2/h2H,1H2/t2-/m1/s1. The lowest BCUT2D eigenvalue weighted by Crippen LogP contribution is -1.55. The molecule has 1 heterocycles. The molecule has 0 aromatic heterocycles. The molecule has 0 saturated carbocycles. The number of halogens is 1. The summed E-state index contributed by atoms with van der Waals surface area (Å²) in [5.41, 5.74) is 0. The lowest BCUT2D eigenvalue weighted by atomic mass is 10.9. The van der Waals surface area contributed by atoms with Crippen LogP contribution in [0, 0.1) is 0 Å². The van der Waals surface area contributed by atoms with Crippen LogP contribution in [-0.4, -0.2) is 13.0 Å². The second-order valence-corrected chi connectivity index (χ2v) is 0.743. The largest absolute Gasteiger partial charge is 0.341 e. The third-order valence-electron chi connectivity index (χ3n) is 0.293. The SMILES string of the molecule is F[C@H]1CO1. The normalized spacial score (nSPS) is 39.8. The van der Waals surface area contributed by atoms with Gasteiger partial charge in [0.15, 0.2) is 0 Å². The maximum Gasteiger partial charge on any atom is 0.222 e. The zero-order valence-electron chi connectivity index (χ0n) is 2.07. The van der Waals surface area contributed by atoms with E-state index in [1.54, 1.807) is 0 Å². The summed E-state index contributed by atoms with van der Waals surface area (Å²) in [5, 5.41) is 0. The fourth-order valence-corrected chi connectivity index (χ4v) is 0.0364.